The Labute approximate surface area is 178 Å². The Balaban J connectivity index is 1.72. The molecule has 2 aliphatic carbocycles. The Hall–Kier alpha value is -1.46. The number of carbonyl (C=O) groups is 1. The highest BCUT2D eigenvalue weighted by molar-refractivity contribution is 6.31. The van der Waals surface area contributed by atoms with Crippen LogP contribution in [0.25, 0.3) is 0 Å². The van der Waals surface area contributed by atoms with Crippen molar-refractivity contribution in [3.05, 3.63) is 22.7 Å². The zero-order valence-electron chi connectivity index (χ0n) is 17.9. The van der Waals surface area contributed by atoms with Gasteiger partial charge < -0.3 is 19.9 Å². The van der Waals surface area contributed by atoms with E-state index in [1.54, 1.807) is 6.07 Å². The Morgan fingerprint density at radius 1 is 1.38 bits per heavy atom. The average molecular weight is 422 g/mol. The minimum Gasteiger partial charge on any atom is -0.504 e. The summed E-state index contributed by atoms with van der Waals surface area (Å²) in [4.78, 5) is 12.7. The van der Waals surface area contributed by atoms with Gasteiger partial charge in [0.25, 0.3) is 0 Å². The summed E-state index contributed by atoms with van der Waals surface area (Å²) in [6.45, 7) is 9.13. The Morgan fingerprint density at radius 2 is 2.10 bits per heavy atom. The number of hydrogen-bond donors (Lipinski definition) is 2. The van der Waals surface area contributed by atoms with Crippen LogP contribution < -0.4 is 10.1 Å². The second-order valence-corrected chi connectivity index (χ2v) is 10.4. The summed E-state index contributed by atoms with van der Waals surface area (Å²) in [7, 11) is 1.54. The molecule has 1 aromatic rings. The van der Waals surface area contributed by atoms with Gasteiger partial charge in [-0.2, -0.15) is 0 Å². The lowest BCUT2D eigenvalue weighted by Gasteiger charge is -2.53. The molecular weight excluding hydrogens is 390 g/mol. The molecule has 2 N–H and O–H groups in total. The van der Waals surface area contributed by atoms with Crippen molar-refractivity contribution in [1.82, 2.24) is 5.32 Å². The predicted octanol–water partition coefficient (Wildman–Crippen LogP) is 4.71. The molecule has 1 saturated heterocycles. The molecule has 29 heavy (non-hydrogen) atoms. The first-order chi connectivity index (χ1) is 13.6. The summed E-state index contributed by atoms with van der Waals surface area (Å²) >= 11 is 6.54. The summed E-state index contributed by atoms with van der Waals surface area (Å²) in [6, 6.07) is 3.47. The van der Waals surface area contributed by atoms with E-state index in [9.17, 15) is 9.90 Å². The van der Waals surface area contributed by atoms with E-state index in [-0.39, 0.29) is 46.5 Å². The minimum absolute atomic E-state index is 0.0100. The molecule has 5 atom stereocenters. The molecule has 4 rings (SSSR count). The molecule has 2 bridgehead atoms. The molecule has 3 aliphatic rings. The van der Waals surface area contributed by atoms with Crippen LogP contribution in [0.1, 0.15) is 58.6 Å². The van der Waals surface area contributed by atoms with Gasteiger partial charge in [0.1, 0.15) is 0 Å². The van der Waals surface area contributed by atoms with E-state index in [0.29, 0.717) is 23.3 Å². The monoisotopic (exact) mass is 421 g/mol. The van der Waals surface area contributed by atoms with Crippen molar-refractivity contribution < 1.29 is 19.4 Å². The number of carbonyl (C=O) groups excluding carboxylic acids is 1. The smallest absolute Gasteiger partial charge is 0.222 e. The fraction of sp³-hybridized carbons (Fsp3) is 0.696. The van der Waals surface area contributed by atoms with E-state index >= 15 is 0 Å². The van der Waals surface area contributed by atoms with Crippen LogP contribution in [-0.2, 0) is 9.53 Å². The molecule has 6 heteroatoms. The molecule has 1 unspecified atom stereocenters. The van der Waals surface area contributed by atoms with Crippen molar-refractivity contribution >= 4 is 17.5 Å². The fourth-order valence-electron chi connectivity index (χ4n) is 6.34. The molecular formula is C23H32ClNO4. The summed E-state index contributed by atoms with van der Waals surface area (Å²) in [5.74, 6) is 1.33. The van der Waals surface area contributed by atoms with Crippen LogP contribution in [0.4, 0.5) is 0 Å². The maximum absolute atomic E-state index is 12.7. The van der Waals surface area contributed by atoms with Crippen molar-refractivity contribution in [2.45, 2.75) is 59.1 Å². The number of ether oxygens (including phenoxy) is 2. The number of halogens is 1. The molecule has 2 saturated carbocycles. The molecule has 1 amide bonds. The first-order valence-corrected chi connectivity index (χ1v) is 11.0. The van der Waals surface area contributed by atoms with Crippen molar-refractivity contribution in [1.29, 1.82) is 0 Å². The number of phenolic OH excluding ortho intramolecular Hbond substituents is 1. The standard InChI is InChI=1S/C23H32ClNO4/c1-12(2)20(27)25-21-22(3,4)13-8-15-19(29-7-6-23(15,21)11-13)14-9-18(28-5)17(26)10-16(14)24/h9-10,12-13,15,19,21,26H,6-8,11H2,1-5H3,(H,25,27)/t13-,15-,19-,21+,23?/m1/s1. The molecule has 1 spiro atoms. The van der Waals surface area contributed by atoms with Gasteiger partial charge in [-0.15, -0.1) is 0 Å². The number of hydrogen-bond acceptors (Lipinski definition) is 4. The van der Waals surface area contributed by atoms with E-state index in [0.717, 1.165) is 24.8 Å². The van der Waals surface area contributed by atoms with E-state index in [4.69, 9.17) is 21.1 Å². The number of nitrogens with one attached hydrogen (secondary N) is 1. The molecule has 0 radical (unpaired) electrons. The SMILES string of the molecule is COc1cc([C@H]2OCCC34C[C@@H](C[C@H]23)C(C)(C)[C@@H]4NC(=O)C(C)C)c(Cl)cc1O. The van der Waals surface area contributed by atoms with Crippen molar-refractivity contribution in [2.75, 3.05) is 13.7 Å². The lowest BCUT2D eigenvalue weighted by atomic mass is 9.58. The number of amides is 1. The summed E-state index contributed by atoms with van der Waals surface area (Å²) in [5, 5.41) is 14.0. The van der Waals surface area contributed by atoms with Gasteiger partial charge >= 0.3 is 0 Å². The van der Waals surface area contributed by atoms with Crippen LogP contribution in [0, 0.1) is 28.6 Å². The number of methoxy groups -OCH3 is 1. The van der Waals surface area contributed by atoms with Crippen LogP contribution in [0.2, 0.25) is 5.02 Å². The highest BCUT2D eigenvalue weighted by atomic mass is 35.5. The lowest BCUT2D eigenvalue weighted by Crippen LogP contribution is -2.59. The van der Waals surface area contributed by atoms with Gasteiger partial charge in [0, 0.05) is 30.2 Å². The normalized spacial score (nSPS) is 34.9. The van der Waals surface area contributed by atoms with Crippen LogP contribution in [0.5, 0.6) is 11.5 Å². The van der Waals surface area contributed by atoms with Gasteiger partial charge in [-0.1, -0.05) is 39.3 Å². The lowest BCUT2D eigenvalue weighted by molar-refractivity contribution is -0.139. The third kappa shape index (κ3) is 3.04. The molecule has 5 nitrogen and oxygen atoms in total. The number of rotatable bonds is 4. The van der Waals surface area contributed by atoms with Crippen LogP contribution in [0.15, 0.2) is 12.1 Å². The summed E-state index contributed by atoms with van der Waals surface area (Å²) < 4.78 is 11.6. The number of aromatic hydroxyl groups is 1. The van der Waals surface area contributed by atoms with Crippen LogP contribution in [-0.4, -0.2) is 30.8 Å². The highest BCUT2D eigenvalue weighted by Crippen LogP contribution is 2.70. The van der Waals surface area contributed by atoms with Crippen LogP contribution in [0.3, 0.4) is 0 Å². The Kier molecular flexibility index (Phi) is 5.06. The number of benzene rings is 1. The van der Waals surface area contributed by atoms with Gasteiger partial charge in [-0.3, -0.25) is 4.79 Å². The first kappa shape index (κ1) is 20.8. The summed E-state index contributed by atoms with van der Waals surface area (Å²) in [6.07, 6.45) is 2.96. The van der Waals surface area contributed by atoms with Crippen molar-refractivity contribution in [2.24, 2.45) is 28.6 Å². The number of fused-ring (bicyclic) bond motifs is 1. The topological polar surface area (TPSA) is 67.8 Å². The molecule has 3 fully saturated rings. The van der Waals surface area contributed by atoms with Gasteiger partial charge in [0.2, 0.25) is 5.91 Å². The quantitative estimate of drug-likeness (QED) is 0.738. The summed E-state index contributed by atoms with van der Waals surface area (Å²) in [5.41, 5.74) is 0.930. The molecule has 160 valence electrons. The molecule has 1 aromatic carbocycles. The molecule has 1 aliphatic heterocycles. The fourth-order valence-corrected chi connectivity index (χ4v) is 6.61. The Morgan fingerprint density at radius 3 is 2.76 bits per heavy atom. The molecule has 0 aromatic heterocycles. The predicted molar refractivity (Wildman–Crippen MR) is 112 cm³/mol. The van der Waals surface area contributed by atoms with E-state index < -0.39 is 0 Å². The van der Waals surface area contributed by atoms with E-state index in [1.807, 2.05) is 13.8 Å². The first-order valence-electron chi connectivity index (χ1n) is 10.6. The largest absolute Gasteiger partial charge is 0.504 e. The average Bonchev–Trinajstić information content (AvgIpc) is 3.14. The van der Waals surface area contributed by atoms with Gasteiger partial charge in [0.05, 0.1) is 18.2 Å². The second-order valence-electron chi connectivity index (χ2n) is 9.98. The van der Waals surface area contributed by atoms with Gasteiger partial charge in [-0.25, -0.2) is 0 Å². The van der Waals surface area contributed by atoms with Gasteiger partial charge in [-0.05, 0) is 48.0 Å². The third-order valence-electron chi connectivity index (χ3n) is 7.92. The van der Waals surface area contributed by atoms with Crippen LogP contribution >= 0.6 is 11.6 Å². The molecule has 1 heterocycles. The van der Waals surface area contributed by atoms with Crippen molar-refractivity contribution in [3.8, 4) is 11.5 Å². The number of phenols is 1. The zero-order chi connectivity index (χ0) is 21.1. The maximum Gasteiger partial charge on any atom is 0.222 e. The second kappa shape index (κ2) is 7.05. The zero-order valence-corrected chi connectivity index (χ0v) is 18.7. The van der Waals surface area contributed by atoms with E-state index in [1.165, 1.54) is 13.2 Å². The van der Waals surface area contributed by atoms with E-state index in [2.05, 4.69) is 19.2 Å². The van der Waals surface area contributed by atoms with Crippen molar-refractivity contribution in [3.63, 3.8) is 0 Å². The maximum atomic E-state index is 12.7. The highest BCUT2D eigenvalue weighted by Gasteiger charge is 2.68. The Bertz CT molecular complexity index is 823. The minimum atomic E-state index is -0.162. The third-order valence-corrected chi connectivity index (χ3v) is 8.25. The van der Waals surface area contributed by atoms with Gasteiger partial charge in [0.15, 0.2) is 11.5 Å².